The highest BCUT2D eigenvalue weighted by molar-refractivity contribution is 5.83. The molecule has 4 nitrogen and oxygen atoms in total. The Morgan fingerprint density at radius 2 is 1.77 bits per heavy atom. The van der Waals surface area contributed by atoms with Crippen molar-refractivity contribution in [3.63, 3.8) is 0 Å². The van der Waals surface area contributed by atoms with E-state index < -0.39 is 6.23 Å². The molecule has 144 valence electrons. The molecule has 1 amide bonds. The number of carbonyl (C=O) groups excluding carboxylic acids is 1. The highest BCUT2D eigenvalue weighted by Gasteiger charge is 2.37. The van der Waals surface area contributed by atoms with Crippen LogP contribution in [0.4, 0.5) is 0 Å². The Kier molecular flexibility index (Phi) is 7.42. The molecule has 0 saturated carbocycles. The summed E-state index contributed by atoms with van der Waals surface area (Å²) in [5.74, 6) is 0.936. The van der Waals surface area contributed by atoms with Crippen LogP contribution in [0, 0.1) is 18.8 Å². The van der Waals surface area contributed by atoms with Crippen LogP contribution in [-0.2, 0) is 4.79 Å². The van der Waals surface area contributed by atoms with Crippen molar-refractivity contribution < 1.29 is 9.90 Å². The highest BCUT2D eigenvalue weighted by Crippen LogP contribution is 2.22. The lowest BCUT2D eigenvalue weighted by Crippen LogP contribution is -2.62. The van der Waals surface area contributed by atoms with Gasteiger partial charge in [-0.2, -0.15) is 0 Å². The number of aliphatic hydroxyl groups excluding tert-OH is 1. The summed E-state index contributed by atoms with van der Waals surface area (Å²) in [6.45, 7) is 11.3. The molecule has 1 aromatic rings. The smallest absolute Gasteiger partial charge is 0.237 e. The van der Waals surface area contributed by atoms with Gasteiger partial charge in [-0.25, -0.2) is 0 Å². The van der Waals surface area contributed by atoms with Crippen molar-refractivity contribution in [2.75, 3.05) is 6.54 Å². The summed E-state index contributed by atoms with van der Waals surface area (Å²) in [5.41, 5.74) is 2.26. The van der Waals surface area contributed by atoms with Gasteiger partial charge < -0.3 is 10.4 Å². The molecule has 1 saturated heterocycles. The molecule has 2 rings (SSSR count). The second-order valence-corrected chi connectivity index (χ2v) is 8.36. The normalized spacial score (nSPS) is 23.0. The van der Waals surface area contributed by atoms with Crippen LogP contribution < -0.4 is 5.32 Å². The Morgan fingerprint density at radius 1 is 1.15 bits per heavy atom. The van der Waals surface area contributed by atoms with E-state index in [1.807, 2.05) is 23.1 Å². The van der Waals surface area contributed by atoms with E-state index in [1.54, 1.807) is 6.08 Å². The molecule has 0 spiro atoms. The van der Waals surface area contributed by atoms with Gasteiger partial charge in [-0.3, -0.25) is 9.69 Å². The van der Waals surface area contributed by atoms with Gasteiger partial charge in [0.15, 0.2) is 0 Å². The maximum Gasteiger partial charge on any atom is 0.237 e. The number of rotatable bonds is 7. The lowest BCUT2D eigenvalue weighted by atomic mass is 9.94. The van der Waals surface area contributed by atoms with Crippen LogP contribution in [0.15, 0.2) is 30.3 Å². The number of carbonyl (C=O) groups is 1. The Bertz CT molecular complexity index is 607. The van der Waals surface area contributed by atoms with E-state index in [-0.39, 0.29) is 18.0 Å². The fourth-order valence-corrected chi connectivity index (χ4v) is 3.54. The summed E-state index contributed by atoms with van der Waals surface area (Å²) < 4.78 is 0. The van der Waals surface area contributed by atoms with Crippen molar-refractivity contribution in [1.82, 2.24) is 10.2 Å². The predicted molar refractivity (Wildman–Crippen MR) is 108 cm³/mol. The summed E-state index contributed by atoms with van der Waals surface area (Å²) in [7, 11) is 0. The zero-order valence-corrected chi connectivity index (χ0v) is 16.8. The number of amides is 1. The summed E-state index contributed by atoms with van der Waals surface area (Å²) in [6.07, 6.45) is 4.63. The second kappa shape index (κ2) is 9.33. The summed E-state index contributed by atoms with van der Waals surface area (Å²) in [4.78, 5) is 14.6. The molecule has 0 radical (unpaired) electrons. The van der Waals surface area contributed by atoms with Crippen molar-refractivity contribution >= 4 is 12.0 Å². The zero-order chi connectivity index (χ0) is 19.3. The minimum absolute atomic E-state index is 0.0402. The zero-order valence-electron chi connectivity index (χ0n) is 16.8. The quantitative estimate of drug-likeness (QED) is 0.783. The molecule has 1 fully saturated rings. The fourth-order valence-electron chi connectivity index (χ4n) is 3.54. The van der Waals surface area contributed by atoms with E-state index in [0.717, 1.165) is 18.4 Å². The van der Waals surface area contributed by atoms with Gasteiger partial charge in [-0.1, -0.05) is 63.6 Å². The molecule has 1 heterocycles. The van der Waals surface area contributed by atoms with Gasteiger partial charge in [-0.05, 0) is 43.2 Å². The van der Waals surface area contributed by atoms with E-state index in [1.165, 1.54) is 5.56 Å². The third-order valence-electron chi connectivity index (χ3n) is 4.81. The SMILES string of the molecule is Cc1ccc(/C=C/C(O)N2C[C@H](CC(C)C)NC(=O)[C@@H]2CC(C)C)cc1. The molecule has 1 unspecified atom stereocenters. The first kappa shape index (κ1) is 20.7. The highest BCUT2D eigenvalue weighted by atomic mass is 16.3. The van der Waals surface area contributed by atoms with Crippen molar-refractivity contribution in [3.8, 4) is 0 Å². The van der Waals surface area contributed by atoms with Crippen LogP contribution in [-0.4, -0.2) is 40.8 Å². The number of hydrogen-bond donors (Lipinski definition) is 2. The Balaban J connectivity index is 2.14. The number of aliphatic hydroxyl groups is 1. The van der Waals surface area contributed by atoms with Crippen LogP contribution in [0.3, 0.4) is 0 Å². The monoisotopic (exact) mass is 358 g/mol. The Morgan fingerprint density at radius 3 is 2.35 bits per heavy atom. The molecule has 0 bridgehead atoms. The minimum atomic E-state index is -0.763. The third kappa shape index (κ3) is 5.96. The van der Waals surface area contributed by atoms with Gasteiger partial charge in [0.2, 0.25) is 5.91 Å². The molecule has 3 atom stereocenters. The van der Waals surface area contributed by atoms with Crippen molar-refractivity contribution in [1.29, 1.82) is 0 Å². The number of piperazine rings is 1. The predicted octanol–water partition coefficient (Wildman–Crippen LogP) is 3.59. The molecule has 1 aliphatic heterocycles. The molecule has 4 heteroatoms. The first-order chi connectivity index (χ1) is 12.3. The van der Waals surface area contributed by atoms with Crippen molar-refractivity contribution in [2.45, 2.75) is 65.8 Å². The van der Waals surface area contributed by atoms with E-state index in [4.69, 9.17) is 0 Å². The maximum absolute atomic E-state index is 12.7. The largest absolute Gasteiger partial charge is 0.375 e. The average Bonchev–Trinajstić information content (AvgIpc) is 2.55. The van der Waals surface area contributed by atoms with Crippen LogP contribution in [0.2, 0.25) is 0 Å². The van der Waals surface area contributed by atoms with Gasteiger partial charge in [0.25, 0.3) is 0 Å². The third-order valence-corrected chi connectivity index (χ3v) is 4.81. The summed E-state index contributed by atoms with van der Waals surface area (Å²) in [6, 6.07) is 7.99. The first-order valence-corrected chi connectivity index (χ1v) is 9.75. The van der Waals surface area contributed by atoms with Gasteiger partial charge in [0.05, 0.1) is 6.04 Å². The van der Waals surface area contributed by atoms with Gasteiger partial charge >= 0.3 is 0 Å². The number of aryl methyl sites for hydroxylation is 1. The number of nitrogens with one attached hydrogen (secondary N) is 1. The number of benzene rings is 1. The summed E-state index contributed by atoms with van der Waals surface area (Å²) in [5, 5.41) is 14.0. The van der Waals surface area contributed by atoms with Crippen LogP contribution in [0.1, 0.15) is 51.7 Å². The van der Waals surface area contributed by atoms with Crippen molar-refractivity contribution in [2.24, 2.45) is 11.8 Å². The fraction of sp³-hybridized carbons (Fsp3) is 0.591. The average molecular weight is 359 g/mol. The molecule has 0 aromatic heterocycles. The second-order valence-electron chi connectivity index (χ2n) is 8.36. The van der Waals surface area contributed by atoms with Crippen molar-refractivity contribution in [3.05, 3.63) is 41.5 Å². The van der Waals surface area contributed by atoms with Gasteiger partial charge in [-0.15, -0.1) is 0 Å². The van der Waals surface area contributed by atoms with Gasteiger partial charge in [0.1, 0.15) is 6.23 Å². The number of nitrogens with zero attached hydrogens (tertiary/aromatic N) is 1. The lowest BCUT2D eigenvalue weighted by Gasteiger charge is -2.42. The maximum atomic E-state index is 12.7. The van der Waals surface area contributed by atoms with E-state index >= 15 is 0 Å². The van der Waals surface area contributed by atoms with Gasteiger partial charge in [0, 0.05) is 12.6 Å². The molecule has 1 aromatic carbocycles. The lowest BCUT2D eigenvalue weighted by molar-refractivity contribution is -0.137. The molecule has 1 aliphatic rings. The molecular formula is C22H34N2O2. The van der Waals surface area contributed by atoms with E-state index in [0.29, 0.717) is 18.4 Å². The molecule has 0 aliphatic carbocycles. The molecule has 2 N–H and O–H groups in total. The van der Waals surface area contributed by atoms with Crippen LogP contribution >= 0.6 is 0 Å². The topological polar surface area (TPSA) is 52.6 Å². The molecule has 26 heavy (non-hydrogen) atoms. The first-order valence-electron chi connectivity index (χ1n) is 9.75. The minimum Gasteiger partial charge on any atom is -0.375 e. The summed E-state index contributed by atoms with van der Waals surface area (Å²) >= 11 is 0. The Hall–Kier alpha value is -1.65. The number of hydrogen-bond acceptors (Lipinski definition) is 3. The van der Waals surface area contributed by atoms with Crippen LogP contribution in [0.5, 0.6) is 0 Å². The standard InChI is InChI=1S/C22H34N2O2/c1-15(2)12-19-14-24(20(13-16(3)4)22(26)23-19)21(25)11-10-18-8-6-17(5)7-9-18/h6-11,15-16,19-21,25H,12-14H2,1-5H3,(H,23,26)/b11-10+/t19-,20-,21?/m0/s1. The van der Waals surface area contributed by atoms with Crippen LogP contribution in [0.25, 0.3) is 6.08 Å². The Labute approximate surface area is 158 Å². The molecular weight excluding hydrogens is 324 g/mol. The van der Waals surface area contributed by atoms with E-state index in [9.17, 15) is 9.90 Å². The van der Waals surface area contributed by atoms with E-state index in [2.05, 4.69) is 52.1 Å².